The van der Waals surface area contributed by atoms with Gasteiger partial charge in [-0.05, 0) is 30.7 Å². The van der Waals surface area contributed by atoms with Gasteiger partial charge in [-0.3, -0.25) is 10.1 Å². The first-order valence-electron chi connectivity index (χ1n) is 8.62. The van der Waals surface area contributed by atoms with Gasteiger partial charge in [0.25, 0.3) is 0 Å². The second-order valence-electron chi connectivity index (χ2n) is 6.20. The second kappa shape index (κ2) is 8.54. The Morgan fingerprint density at radius 1 is 1.27 bits per heavy atom. The third kappa shape index (κ3) is 4.87. The van der Waals surface area contributed by atoms with E-state index in [1.165, 1.54) is 11.0 Å². The van der Waals surface area contributed by atoms with Crippen LogP contribution in [0.5, 0.6) is 0 Å². The average molecular weight is 359 g/mol. The Morgan fingerprint density at radius 3 is 2.81 bits per heavy atom. The SMILES string of the molecule is Cc1ccnc(Nc2ccc([N+](=O)[O-])c(NCC[NH+]3CCOCC3)n2)c1. The first-order chi connectivity index (χ1) is 12.6. The molecule has 26 heavy (non-hydrogen) atoms. The first-order valence-corrected chi connectivity index (χ1v) is 8.62. The molecule has 0 spiro atoms. The minimum atomic E-state index is -0.425. The van der Waals surface area contributed by atoms with Crippen LogP contribution in [0.15, 0.2) is 30.5 Å². The zero-order valence-corrected chi connectivity index (χ0v) is 14.7. The lowest BCUT2D eigenvalue weighted by atomic mass is 10.3. The van der Waals surface area contributed by atoms with E-state index >= 15 is 0 Å². The van der Waals surface area contributed by atoms with Crippen LogP contribution in [0.2, 0.25) is 0 Å². The Balaban J connectivity index is 1.68. The van der Waals surface area contributed by atoms with Crippen LogP contribution in [0.3, 0.4) is 0 Å². The number of aryl methyl sites for hydroxylation is 1. The molecule has 1 aliphatic rings. The number of ether oxygens (including phenoxy) is 1. The van der Waals surface area contributed by atoms with E-state index in [1.54, 1.807) is 12.3 Å². The molecule has 2 aromatic rings. The van der Waals surface area contributed by atoms with Crippen molar-refractivity contribution in [2.45, 2.75) is 6.92 Å². The largest absolute Gasteiger partial charge is 0.370 e. The van der Waals surface area contributed by atoms with Crippen molar-refractivity contribution in [1.82, 2.24) is 9.97 Å². The number of nitro groups is 1. The molecule has 1 fully saturated rings. The van der Waals surface area contributed by atoms with Crippen LogP contribution < -0.4 is 15.5 Å². The number of nitrogens with one attached hydrogen (secondary N) is 3. The van der Waals surface area contributed by atoms with Gasteiger partial charge in [0.05, 0.1) is 31.2 Å². The minimum Gasteiger partial charge on any atom is -0.370 e. The number of quaternary nitrogens is 1. The van der Waals surface area contributed by atoms with Gasteiger partial charge in [-0.25, -0.2) is 9.97 Å². The van der Waals surface area contributed by atoms with Crippen molar-refractivity contribution in [3.05, 3.63) is 46.1 Å². The molecular formula is C17H23N6O3+. The highest BCUT2D eigenvalue weighted by Crippen LogP contribution is 2.25. The van der Waals surface area contributed by atoms with E-state index in [2.05, 4.69) is 20.6 Å². The Bertz CT molecular complexity index is 764. The molecule has 0 radical (unpaired) electrons. The van der Waals surface area contributed by atoms with Gasteiger partial charge in [0.1, 0.15) is 24.7 Å². The third-order valence-electron chi connectivity index (χ3n) is 4.21. The van der Waals surface area contributed by atoms with E-state index in [9.17, 15) is 10.1 Å². The van der Waals surface area contributed by atoms with Crippen molar-refractivity contribution in [3.8, 4) is 0 Å². The number of hydrogen-bond donors (Lipinski definition) is 3. The molecule has 0 aromatic carbocycles. The van der Waals surface area contributed by atoms with Crippen LogP contribution in [-0.2, 0) is 4.74 Å². The normalized spacial score (nSPS) is 14.8. The summed E-state index contributed by atoms with van der Waals surface area (Å²) in [6.45, 7) is 6.87. The number of anilines is 3. The summed E-state index contributed by atoms with van der Waals surface area (Å²) in [7, 11) is 0. The molecular weight excluding hydrogens is 336 g/mol. The molecule has 1 saturated heterocycles. The Hall–Kier alpha value is -2.78. The van der Waals surface area contributed by atoms with Gasteiger partial charge < -0.3 is 20.3 Å². The Labute approximate surface area is 151 Å². The summed E-state index contributed by atoms with van der Waals surface area (Å²) >= 11 is 0. The van der Waals surface area contributed by atoms with Crippen molar-refractivity contribution >= 4 is 23.1 Å². The maximum Gasteiger partial charge on any atom is 0.311 e. The van der Waals surface area contributed by atoms with Crippen LogP contribution in [0.1, 0.15) is 5.56 Å². The molecule has 1 aliphatic heterocycles. The standard InChI is InChI=1S/C17H22N6O3/c1-13-4-5-18-16(12-13)20-15-3-2-14(23(24)25)17(21-15)19-6-7-22-8-10-26-11-9-22/h2-5,12H,6-11H2,1H3,(H2,18,19,20,21)/p+1. The van der Waals surface area contributed by atoms with Crippen LogP contribution in [-0.4, -0.2) is 54.3 Å². The van der Waals surface area contributed by atoms with Crippen LogP contribution >= 0.6 is 0 Å². The minimum absolute atomic E-state index is 0.0373. The number of aromatic nitrogens is 2. The van der Waals surface area contributed by atoms with E-state index in [0.717, 1.165) is 38.4 Å². The monoisotopic (exact) mass is 359 g/mol. The molecule has 9 nitrogen and oxygen atoms in total. The highest BCUT2D eigenvalue weighted by Gasteiger charge is 2.18. The summed E-state index contributed by atoms with van der Waals surface area (Å²) < 4.78 is 5.34. The fourth-order valence-electron chi connectivity index (χ4n) is 2.80. The lowest BCUT2D eigenvalue weighted by molar-refractivity contribution is -0.906. The third-order valence-corrected chi connectivity index (χ3v) is 4.21. The Kier molecular flexibility index (Phi) is 5.92. The van der Waals surface area contributed by atoms with Gasteiger partial charge in [0.2, 0.25) is 5.82 Å². The molecule has 138 valence electrons. The number of rotatable bonds is 7. The molecule has 0 saturated carbocycles. The topological polar surface area (TPSA) is 107 Å². The molecule has 0 atom stereocenters. The van der Waals surface area contributed by atoms with E-state index in [4.69, 9.17) is 4.74 Å². The quantitative estimate of drug-likeness (QED) is 0.495. The molecule has 0 amide bonds. The zero-order valence-electron chi connectivity index (χ0n) is 14.7. The van der Waals surface area contributed by atoms with E-state index in [1.807, 2.05) is 19.1 Å². The van der Waals surface area contributed by atoms with Gasteiger partial charge >= 0.3 is 5.69 Å². The van der Waals surface area contributed by atoms with Gasteiger partial charge in [0.15, 0.2) is 0 Å². The number of morpholine rings is 1. The zero-order chi connectivity index (χ0) is 18.4. The summed E-state index contributed by atoms with van der Waals surface area (Å²) in [6.07, 6.45) is 1.70. The number of pyridine rings is 2. The predicted molar refractivity (Wildman–Crippen MR) is 98.0 cm³/mol. The molecule has 0 aliphatic carbocycles. The number of hydrogen-bond acceptors (Lipinski definition) is 7. The van der Waals surface area contributed by atoms with Gasteiger partial charge in [0, 0.05) is 12.3 Å². The molecule has 3 rings (SSSR count). The van der Waals surface area contributed by atoms with Crippen molar-refractivity contribution < 1.29 is 14.6 Å². The smallest absolute Gasteiger partial charge is 0.311 e. The fraction of sp³-hybridized carbons (Fsp3) is 0.412. The van der Waals surface area contributed by atoms with Gasteiger partial charge in [-0.15, -0.1) is 0 Å². The molecule has 3 heterocycles. The van der Waals surface area contributed by atoms with Gasteiger partial charge in [-0.1, -0.05) is 0 Å². The Morgan fingerprint density at radius 2 is 2.08 bits per heavy atom. The number of nitrogens with zero attached hydrogens (tertiary/aromatic N) is 3. The average Bonchev–Trinajstić information content (AvgIpc) is 2.63. The van der Waals surface area contributed by atoms with Crippen molar-refractivity contribution in [2.24, 2.45) is 0 Å². The maximum absolute atomic E-state index is 11.3. The van der Waals surface area contributed by atoms with E-state index < -0.39 is 4.92 Å². The summed E-state index contributed by atoms with van der Waals surface area (Å²) in [5, 5.41) is 17.5. The van der Waals surface area contributed by atoms with E-state index in [0.29, 0.717) is 18.2 Å². The molecule has 0 bridgehead atoms. The lowest BCUT2D eigenvalue weighted by Gasteiger charge is -2.23. The second-order valence-corrected chi connectivity index (χ2v) is 6.20. The molecule has 9 heteroatoms. The van der Waals surface area contributed by atoms with Crippen molar-refractivity contribution in [2.75, 3.05) is 50.0 Å². The lowest BCUT2D eigenvalue weighted by Crippen LogP contribution is -3.14. The highest BCUT2D eigenvalue weighted by molar-refractivity contribution is 5.63. The van der Waals surface area contributed by atoms with Gasteiger partial charge in [-0.2, -0.15) is 0 Å². The van der Waals surface area contributed by atoms with Crippen LogP contribution in [0, 0.1) is 17.0 Å². The fourth-order valence-corrected chi connectivity index (χ4v) is 2.80. The molecule has 2 aromatic heterocycles. The van der Waals surface area contributed by atoms with Crippen LogP contribution in [0.25, 0.3) is 0 Å². The highest BCUT2D eigenvalue weighted by atomic mass is 16.6. The summed E-state index contributed by atoms with van der Waals surface area (Å²) in [5.41, 5.74) is 1.03. The van der Waals surface area contributed by atoms with Crippen LogP contribution in [0.4, 0.5) is 23.1 Å². The van der Waals surface area contributed by atoms with Crippen molar-refractivity contribution in [1.29, 1.82) is 0 Å². The van der Waals surface area contributed by atoms with Crippen molar-refractivity contribution in [3.63, 3.8) is 0 Å². The summed E-state index contributed by atoms with van der Waals surface area (Å²) in [4.78, 5) is 20.9. The first kappa shape index (κ1) is 18.0. The van der Waals surface area contributed by atoms with E-state index in [-0.39, 0.29) is 11.5 Å². The molecule has 0 unspecified atom stereocenters. The maximum atomic E-state index is 11.3. The molecule has 3 N–H and O–H groups in total. The summed E-state index contributed by atoms with van der Waals surface area (Å²) in [5.74, 6) is 1.42. The summed E-state index contributed by atoms with van der Waals surface area (Å²) in [6, 6.07) is 6.82. The predicted octanol–water partition coefficient (Wildman–Crippen LogP) is 0.764.